The largest absolute Gasteiger partial charge is 0.352 e. The van der Waals surface area contributed by atoms with Gasteiger partial charge in [-0.15, -0.1) is 12.4 Å². The zero-order valence-electron chi connectivity index (χ0n) is 15.7. The van der Waals surface area contributed by atoms with Gasteiger partial charge in [0.15, 0.2) is 0 Å². The van der Waals surface area contributed by atoms with Gasteiger partial charge in [-0.1, -0.05) is 37.3 Å². The van der Waals surface area contributed by atoms with E-state index in [1.807, 2.05) is 47.4 Å². The summed E-state index contributed by atoms with van der Waals surface area (Å²) in [5.41, 5.74) is 0.626. The highest BCUT2D eigenvalue weighted by atomic mass is 35.5. The van der Waals surface area contributed by atoms with Gasteiger partial charge in [-0.25, -0.2) is 0 Å². The third-order valence-electron chi connectivity index (χ3n) is 4.90. The van der Waals surface area contributed by atoms with E-state index < -0.39 is 0 Å². The Labute approximate surface area is 166 Å². The molecule has 1 fully saturated rings. The minimum absolute atomic E-state index is 0. The molecule has 146 valence electrons. The molecule has 2 amide bonds. The van der Waals surface area contributed by atoms with E-state index in [2.05, 4.69) is 17.6 Å². The smallest absolute Gasteiger partial charge is 0.251 e. The maximum atomic E-state index is 12.6. The second kappa shape index (κ2) is 10.3. The fourth-order valence-corrected chi connectivity index (χ4v) is 3.52. The lowest BCUT2D eigenvalue weighted by Gasteiger charge is -2.28. The molecule has 0 aromatic heterocycles. The van der Waals surface area contributed by atoms with Gasteiger partial charge >= 0.3 is 0 Å². The molecule has 27 heavy (non-hydrogen) atoms. The van der Waals surface area contributed by atoms with Crippen molar-refractivity contribution in [2.75, 3.05) is 26.2 Å². The van der Waals surface area contributed by atoms with Gasteiger partial charge in [-0.05, 0) is 42.3 Å². The molecule has 2 aromatic rings. The van der Waals surface area contributed by atoms with Crippen LogP contribution < -0.4 is 10.6 Å². The molecule has 2 aromatic carbocycles. The lowest BCUT2D eigenvalue weighted by atomic mass is 10.1. The first-order valence-corrected chi connectivity index (χ1v) is 9.46. The monoisotopic (exact) mass is 389 g/mol. The summed E-state index contributed by atoms with van der Waals surface area (Å²) in [6.07, 6.45) is 2.30. The normalized spacial score (nSPS) is 16.0. The molecule has 1 unspecified atom stereocenters. The van der Waals surface area contributed by atoms with Crippen LogP contribution in [0.5, 0.6) is 0 Å². The van der Waals surface area contributed by atoms with Gasteiger partial charge in [-0.2, -0.15) is 0 Å². The summed E-state index contributed by atoms with van der Waals surface area (Å²) in [6.45, 7) is 5.07. The highest BCUT2D eigenvalue weighted by Crippen LogP contribution is 2.15. The number of hydrogen-bond donors (Lipinski definition) is 2. The highest BCUT2D eigenvalue weighted by molar-refractivity contribution is 5.98. The molecule has 0 aliphatic carbocycles. The number of fused-ring (bicyclic) bond motifs is 1. The number of hydrogen-bond acceptors (Lipinski definition) is 3. The fraction of sp³-hybridized carbons (Fsp3) is 0.429. The first-order chi connectivity index (χ1) is 12.7. The Morgan fingerprint density at radius 3 is 2.67 bits per heavy atom. The molecule has 1 saturated heterocycles. The number of rotatable bonds is 7. The van der Waals surface area contributed by atoms with Crippen LogP contribution in [0, 0.1) is 0 Å². The number of halogens is 1. The van der Waals surface area contributed by atoms with Gasteiger partial charge in [0, 0.05) is 37.7 Å². The molecule has 1 heterocycles. The van der Waals surface area contributed by atoms with Crippen LogP contribution in [0.4, 0.5) is 0 Å². The molecular formula is C21H28ClN3O2. The van der Waals surface area contributed by atoms with Crippen LogP contribution in [0.1, 0.15) is 36.5 Å². The number of nitrogens with zero attached hydrogens (tertiary/aromatic N) is 1. The average molecular weight is 390 g/mol. The zero-order valence-corrected chi connectivity index (χ0v) is 16.6. The summed E-state index contributed by atoms with van der Waals surface area (Å²) in [5, 5.41) is 8.34. The van der Waals surface area contributed by atoms with Gasteiger partial charge in [0.05, 0.1) is 0 Å². The van der Waals surface area contributed by atoms with Crippen molar-refractivity contribution in [1.29, 1.82) is 0 Å². The van der Waals surface area contributed by atoms with Gasteiger partial charge < -0.3 is 15.5 Å². The SMILES string of the molecule is CCCN(C(=O)CCNC(=O)c1ccc2ccccc2c1)C1CCNC1.Cl. The molecule has 1 aliphatic heterocycles. The van der Waals surface area contributed by atoms with Gasteiger partial charge in [0.2, 0.25) is 5.91 Å². The van der Waals surface area contributed by atoms with Crippen LogP contribution in [0.15, 0.2) is 42.5 Å². The lowest BCUT2D eigenvalue weighted by molar-refractivity contribution is -0.133. The van der Waals surface area contributed by atoms with Crippen LogP contribution in [0.3, 0.4) is 0 Å². The van der Waals surface area contributed by atoms with Crippen LogP contribution in [0.25, 0.3) is 10.8 Å². The summed E-state index contributed by atoms with van der Waals surface area (Å²) < 4.78 is 0. The van der Waals surface area contributed by atoms with E-state index in [9.17, 15) is 9.59 Å². The van der Waals surface area contributed by atoms with Crippen molar-refractivity contribution in [1.82, 2.24) is 15.5 Å². The van der Waals surface area contributed by atoms with Gasteiger partial charge in [0.1, 0.15) is 0 Å². The van der Waals surface area contributed by atoms with Gasteiger partial charge in [-0.3, -0.25) is 9.59 Å². The average Bonchev–Trinajstić information content (AvgIpc) is 3.19. The topological polar surface area (TPSA) is 61.4 Å². The van der Waals surface area contributed by atoms with Crippen molar-refractivity contribution in [3.05, 3.63) is 48.0 Å². The quantitative estimate of drug-likeness (QED) is 0.765. The van der Waals surface area contributed by atoms with Crippen LogP contribution >= 0.6 is 12.4 Å². The van der Waals surface area contributed by atoms with E-state index in [-0.39, 0.29) is 24.2 Å². The molecule has 1 atom stereocenters. The van der Waals surface area contributed by atoms with Crippen LogP contribution in [-0.2, 0) is 4.79 Å². The van der Waals surface area contributed by atoms with Crippen LogP contribution in [-0.4, -0.2) is 48.9 Å². The summed E-state index contributed by atoms with van der Waals surface area (Å²) in [5.74, 6) is -0.00695. The number of amides is 2. The Kier molecular flexibility index (Phi) is 8.07. The van der Waals surface area contributed by atoms with E-state index >= 15 is 0 Å². The molecule has 0 saturated carbocycles. The number of nitrogens with one attached hydrogen (secondary N) is 2. The number of carbonyl (C=O) groups is 2. The van der Waals surface area contributed by atoms with Crippen molar-refractivity contribution >= 4 is 35.0 Å². The summed E-state index contributed by atoms with van der Waals surface area (Å²) in [6, 6.07) is 13.9. The van der Waals surface area contributed by atoms with Crippen molar-refractivity contribution in [3.63, 3.8) is 0 Å². The maximum absolute atomic E-state index is 12.6. The zero-order chi connectivity index (χ0) is 18.4. The number of benzene rings is 2. The third kappa shape index (κ3) is 5.44. The van der Waals surface area contributed by atoms with Crippen LogP contribution in [0.2, 0.25) is 0 Å². The second-order valence-corrected chi connectivity index (χ2v) is 6.80. The third-order valence-corrected chi connectivity index (χ3v) is 4.90. The summed E-state index contributed by atoms with van der Waals surface area (Å²) in [4.78, 5) is 26.9. The summed E-state index contributed by atoms with van der Waals surface area (Å²) >= 11 is 0. The Balaban J connectivity index is 0.00000261. The number of carbonyl (C=O) groups excluding carboxylic acids is 2. The Hall–Kier alpha value is -2.11. The molecule has 0 radical (unpaired) electrons. The lowest BCUT2D eigenvalue weighted by Crippen LogP contribution is -2.43. The molecule has 0 bridgehead atoms. The first-order valence-electron chi connectivity index (χ1n) is 9.46. The Morgan fingerprint density at radius 2 is 1.96 bits per heavy atom. The molecule has 2 N–H and O–H groups in total. The molecule has 0 spiro atoms. The molecular weight excluding hydrogens is 362 g/mol. The molecule has 5 nitrogen and oxygen atoms in total. The summed E-state index contributed by atoms with van der Waals surface area (Å²) in [7, 11) is 0. The minimum atomic E-state index is -0.131. The Bertz CT molecular complexity index is 775. The van der Waals surface area contributed by atoms with Crippen molar-refractivity contribution in [2.45, 2.75) is 32.2 Å². The first kappa shape index (κ1) is 21.2. The van der Waals surface area contributed by atoms with E-state index in [0.717, 1.165) is 43.2 Å². The second-order valence-electron chi connectivity index (χ2n) is 6.80. The van der Waals surface area contributed by atoms with Gasteiger partial charge in [0.25, 0.3) is 5.91 Å². The van der Waals surface area contributed by atoms with Crippen molar-refractivity contribution < 1.29 is 9.59 Å². The van der Waals surface area contributed by atoms with Crippen molar-refractivity contribution in [2.24, 2.45) is 0 Å². The Morgan fingerprint density at radius 1 is 1.19 bits per heavy atom. The maximum Gasteiger partial charge on any atom is 0.251 e. The molecule has 6 heteroatoms. The standard InChI is InChI=1S/C21H27N3O2.ClH/c1-2-13-24(19-9-11-22-15-19)20(25)10-12-23-21(26)18-8-7-16-5-3-4-6-17(16)14-18;/h3-8,14,19,22H,2,9-13,15H2,1H3,(H,23,26);1H. The van der Waals surface area contributed by atoms with Crippen molar-refractivity contribution in [3.8, 4) is 0 Å². The predicted molar refractivity (Wildman–Crippen MR) is 111 cm³/mol. The van der Waals surface area contributed by atoms with E-state index in [0.29, 0.717) is 24.6 Å². The van der Waals surface area contributed by atoms with E-state index in [1.54, 1.807) is 0 Å². The highest BCUT2D eigenvalue weighted by Gasteiger charge is 2.25. The van der Waals surface area contributed by atoms with E-state index in [4.69, 9.17) is 0 Å². The molecule has 1 aliphatic rings. The molecule has 3 rings (SSSR count). The fourth-order valence-electron chi connectivity index (χ4n) is 3.52. The predicted octanol–water partition coefficient (Wildman–Crippen LogP) is 2.98. The van der Waals surface area contributed by atoms with E-state index in [1.165, 1.54) is 0 Å². The minimum Gasteiger partial charge on any atom is -0.352 e.